The van der Waals surface area contributed by atoms with Gasteiger partial charge < -0.3 is 10.6 Å². The number of hydrogen-bond donors (Lipinski definition) is 2. The number of amides is 1. The third-order valence-electron chi connectivity index (χ3n) is 4.34. The minimum atomic E-state index is -0.657. The van der Waals surface area contributed by atoms with Crippen LogP contribution in [0.25, 0.3) is 0 Å². The van der Waals surface area contributed by atoms with E-state index in [0.29, 0.717) is 16.3 Å². The Hall–Kier alpha value is -3.57. The van der Waals surface area contributed by atoms with Crippen LogP contribution in [0.3, 0.4) is 0 Å². The molecule has 154 valence electrons. The fourth-order valence-electron chi connectivity index (χ4n) is 2.80. The Balaban J connectivity index is 2.04. The summed E-state index contributed by atoms with van der Waals surface area (Å²) < 4.78 is 2.46. The smallest absolute Gasteiger partial charge is 0.355 e. The highest BCUT2D eigenvalue weighted by molar-refractivity contribution is 6.30. The molecule has 30 heavy (non-hydrogen) atoms. The van der Waals surface area contributed by atoms with Crippen LogP contribution in [0.15, 0.2) is 46.0 Å². The Morgan fingerprint density at radius 3 is 2.40 bits per heavy atom. The number of halogens is 1. The highest BCUT2D eigenvalue weighted by Gasteiger charge is 2.16. The molecule has 1 amide bonds. The molecule has 9 heteroatoms. The molecular weight excluding hydrogens is 406 g/mol. The number of rotatable bonds is 6. The van der Waals surface area contributed by atoms with Gasteiger partial charge in [0.25, 0.3) is 5.91 Å². The molecule has 3 aromatic rings. The Bertz CT molecular complexity index is 1170. The van der Waals surface area contributed by atoms with Crippen molar-refractivity contribution >= 4 is 29.1 Å². The van der Waals surface area contributed by atoms with Crippen LogP contribution in [0, 0.1) is 12.1 Å². The average molecular weight is 426 g/mol. The Labute approximate surface area is 178 Å². The second-order valence-electron chi connectivity index (χ2n) is 6.79. The van der Waals surface area contributed by atoms with Crippen LogP contribution in [0.1, 0.15) is 35.8 Å². The lowest BCUT2D eigenvalue weighted by atomic mass is 10.2. The summed E-state index contributed by atoms with van der Waals surface area (Å²) in [5, 5.41) is 6.01. The van der Waals surface area contributed by atoms with Crippen molar-refractivity contribution in [1.29, 1.82) is 0 Å². The zero-order valence-electron chi connectivity index (χ0n) is 16.7. The van der Waals surface area contributed by atoms with Gasteiger partial charge in [-0.05, 0) is 49.7 Å². The predicted molar refractivity (Wildman–Crippen MR) is 114 cm³/mol. The van der Waals surface area contributed by atoms with Gasteiger partial charge in [0, 0.05) is 18.1 Å². The first kappa shape index (κ1) is 21.1. The molecule has 0 saturated carbocycles. The lowest BCUT2D eigenvalue weighted by Gasteiger charge is -2.16. The molecular formula is C21H20ClN5O3. The van der Waals surface area contributed by atoms with Gasteiger partial charge in [0.1, 0.15) is 0 Å². The number of nitrogens with one attached hydrogen (secondary N) is 2. The molecule has 0 aliphatic heterocycles. The average Bonchev–Trinajstić information content (AvgIpc) is 2.72. The number of carbonyl (C=O) groups is 1. The van der Waals surface area contributed by atoms with Gasteiger partial charge in [-0.15, -0.1) is 0 Å². The molecule has 1 aromatic heterocycles. The van der Waals surface area contributed by atoms with Gasteiger partial charge in [0.15, 0.2) is 0 Å². The van der Waals surface area contributed by atoms with E-state index in [9.17, 15) is 14.4 Å². The molecule has 0 spiro atoms. The van der Waals surface area contributed by atoms with E-state index in [-0.39, 0.29) is 24.4 Å². The first-order valence-electron chi connectivity index (χ1n) is 9.21. The van der Waals surface area contributed by atoms with Crippen LogP contribution >= 0.6 is 11.6 Å². The third-order valence-corrected chi connectivity index (χ3v) is 4.59. The van der Waals surface area contributed by atoms with Crippen molar-refractivity contribution in [3.63, 3.8) is 0 Å². The van der Waals surface area contributed by atoms with E-state index in [1.807, 2.05) is 0 Å². The van der Waals surface area contributed by atoms with Crippen molar-refractivity contribution in [2.24, 2.45) is 0 Å². The van der Waals surface area contributed by atoms with Gasteiger partial charge in [-0.3, -0.25) is 9.36 Å². The molecule has 0 unspecified atom stereocenters. The number of anilines is 2. The Morgan fingerprint density at radius 2 is 1.83 bits per heavy atom. The fourth-order valence-corrected chi connectivity index (χ4v) is 2.93. The molecule has 0 aliphatic rings. The van der Waals surface area contributed by atoms with Crippen molar-refractivity contribution in [3.05, 3.63) is 85.6 Å². The van der Waals surface area contributed by atoms with Crippen molar-refractivity contribution in [1.82, 2.24) is 19.4 Å². The number of hydrogen-bond acceptors (Lipinski definition) is 5. The monoisotopic (exact) mass is 425 g/mol. The Kier molecular flexibility index (Phi) is 6.23. The van der Waals surface area contributed by atoms with Gasteiger partial charge >= 0.3 is 11.4 Å². The summed E-state index contributed by atoms with van der Waals surface area (Å²) in [4.78, 5) is 41.2. The zero-order valence-corrected chi connectivity index (χ0v) is 17.4. The van der Waals surface area contributed by atoms with Gasteiger partial charge in [-0.2, -0.15) is 4.98 Å². The van der Waals surface area contributed by atoms with Gasteiger partial charge in [0.05, 0.1) is 17.8 Å². The second kappa shape index (κ2) is 8.84. The molecule has 2 aromatic carbocycles. The van der Waals surface area contributed by atoms with Crippen molar-refractivity contribution in [3.8, 4) is 0 Å². The molecule has 0 saturated heterocycles. The minimum absolute atomic E-state index is 0.0641. The van der Waals surface area contributed by atoms with E-state index in [1.54, 1.807) is 50.2 Å². The topological polar surface area (TPSA) is 98.0 Å². The lowest BCUT2D eigenvalue weighted by Crippen LogP contribution is -2.43. The molecule has 0 atom stereocenters. The summed E-state index contributed by atoms with van der Waals surface area (Å²) in [5.74, 6) is -0.232. The normalized spacial score (nSPS) is 10.6. The van der Waals surface area contributed by atoms with Crippen molar-refractivity contribution < 1.29 is 4.79 Å². The largest absolute Gasteiger partial charge is 0.355 e. The van der Waals surface area contributed by atoms with Crippen LogP contribution in [-0.2, 0) is 6.54 Å². The van der Waals surface area contributed by atoms with E-state index in [2.05, 4.69) is 27.8 Å². The summed E-state index contributed by atoms with van der Waals surface area (Å²) in [6.45, 7) is 3.66. The predicted octanol–water partition coefficient (Wildman–Crippen LogP) is 2.39. The summed E-state index contributed by atoms with van der Waals surface area (Å²) in [6, 6.07) is 15.3. The van der Waals surface area contributed by atoms with E-state index in [4.69, 9.17) is 11.6 Å². The minimum Gasteiger partial charge on any atom is -0.355 e. The standard InChI is InChI=1S/C21H20ClN5O3/c1-13(2)27-20(29)25-19(24-17-10-6-15(7-11-17)18(28)23-3)26(21(27)30)12-14-4-8-16(22)9-5-14/h4-6,8-10,13H,12H2,1-3H3,(H,23,28)(H,24,25,29). The Morgan fingerprint density at radius 1 is 1.13 bits per heavy atom. The number of aromatic nitrogens is 3. The molecule has 0 aliphatic carbocycles. The number of benzene rings is 1. The van der Waals surface area contributed by atoms with Crippen LogP contribution in [0.4, 0.5) is 11.6 Å². The van der Waals surface area contributed by atoms with Crippen LogP contribution < -0.4 is 22.0 Å². The highest BCUT2D eigenvalue weighted by Crippen LogP contribution is 2.14. The summed E-state index contributed by atoms with van der Waals surface area (Å²) in [5.41, 5.74) is 0.376. The highest BCUT2D eigenvalue weighted by atomic mass is 35.5. The quantitative estimate of drug-likeness (QED) is 0.632. The number of nitrogens with zero attached hydrogens (tertiary/aromatic N) is 3. The van der Waals surface area contributed by atoms with Crippen LogP contribution in [0.2, 0.25) is 5.02 Å². The summed E-state index contributed by atoms with van der Waals surface area (Å²) in [7, 11) is 1.52. The fraction of sp³-hybridized carbons (Fsp3) is 0.238. The maximum Gasteiger partial charge on any atom is 0.355 e. The van der Waals surface area contributed by atoms with E-state index >= 15 is 0 Å². The summed E-state index contributed by atoms with van der Waals surface area (Å²) in [6.07, 6.45) is 0. The van der Waals surface area contributed by atoms with Crippen LogP contribution in [-0.4, -0.2) is 27.1 Å². The SMILES string of the molecule is CNC(=O)c1c#cc(Nc2nc(=O)n(C(C)C)c(=O)n2Cc2ccc(Cl)cc2)cc1. The van der Waals surface area contributed by atoms with E-state index in [0.717, 1.165) is 10.1 Å². The maximum absolute atomic E-state index is 13.0. The number of carbonyl (C=O) groups excluding carboxylic acids is 1. The first-order valence-corrected chi connectivity index (χ1v) is 9.59. The van der Waals surface area contributed by atoms with Gasteiger partial charge in [-0.25, -0.2) is 14.2 Å². The first-order chi connectivity index (χ1) is 14.3. The molecule has 1 heterocycles. The van der Waals surface area contributed by atoms with Crippen LogP contribution in [0.5, 0.6) is 0 Å². The third kappa shape index (κ3) is 4.53. The molecule has 0 radical (unpaired) electrons. The molecule has 3 rings (SSSR count). The molecule has 2 N–H and O–H groups in total. The second-order valence-corrected chi connectivity index (χ2v) is 7.23. The van der Waals surface area contributed by atoms with Gasteiger partial charge in [-0.1, -0.05) is 29.8 Å². The maximum atomic E-state index is 13.0. The van der Waals surface area contributed by atoms with E-state index < -0.39 is 11.4 Å². The molecule has 0 fully saturated rings. The van der Waals surface area contributed by atoms with Gasteiger partial charge in [0.2, 0.25) is 5.95 Å². The van der Waals surface area contributed by atoms with Crippen molar-refractivity contribution in [2.45, 2.75) is 26.4 Å². The molecule has 0 bridgehead atoms. The van der Waals surface area contributed by atoms with E-state index in [1.165, 1.54) is 11.6 Å². The zero-order chi connectivity index (χ0) is 21.8. The molecule has 8 nitrogen and oxygen atoms in total. The van der Waals surface area contributed by atoms with Crippen molar-refractivity contribution in [2.75, 3.05) is 12.4 Å². The summed E-state index contributed by atoms with van der Waals surface area (Å²) >= 11 is 5.94. The lowest BCUT2D eigenvalue weighted by molar-refractivity contribution is 0.0963.